The van der Waals surface area contributed by atoms with Crippen LogP contribution in [0.4, 0.5) is 10.2 Å². The molecule has 0 bridgehead atoms. The van der Waals surface area contributed by atoms with E-state index in [1.807, 2.05) is 0 Å². The van der Waals surface area contributed by atoms with E-state index >= 15 is 0 Å². The van der Waals surface area contributed by atoms with E-state index in [0.717, 1.165) is 6.07 Å². The molecular formula is C15H18FN3O4S2. The van der Waals surface area contributed by atoms with Gasteiger partial charge in [-0.3, -0.25) is 4.72 Å². The highest BCUT2D eigenvalue weighted by molar-refractivity contribution is 7.92. The highest BCUT2D eigenvalue weighted by atomic mass is 32.2. The number of hydrogen-bond acceptors (Lipinski definition) is 5. The maximum Gasteiger partial charge on any atom is 0.263 e. The fraction of sp³-hybridized carbons (Fsp3) is 0.400. The summed E-state index contributed by atoms with van der Waals surface area (Å²) in [5.41, 5.74) is 0.784. The Bertz CT molecular complexity index is 1030. The Morgan fingerprint density at radius 2 is 2.00 bits per heavy atom. The number of aryl methyl sites for hydroxylation is 2. The van der Waals surface area contributed by atoms with Crippen LogP contribution in [0.15, 0.2) is 29.2 Å². The predicted molar refractivity (Wildman–Crippen MR) is 91.2 cm³/mol. The van der Waals surface area contributed by atoms with Crippen molar-refractivity contribution in [1.29, 1.82) is 0 Å². The molecule has 3 rings (SSSR count). The summed E-state index contributed by atoms with van der Waals surface area (Å²) in [6.07, 6.45) is 0.383. The highest BCUT2D eigenvalue weighted by Crippen LogP contribution is 2.28. The lowest BCUT2D eigenvalue weighted by molar-refractivity contribution is 0.503. The van der Waals surface area contributed by atoms with Crippen molar-refractivity contribution in [3.8, 4) is 0 Å². The average Bonchev–Trinajstić information content (AvgIpc) is 3.03. The maximum absolute atomic E-state index is 13.4. The third-order valence-electron chi connectivity index (χ3n) is 4.09. The molecule has 1 saturated heterocycles. The van der Waals surface area contributed by atoms with Gasteiger partial charge in [0.15, 0.2) is 9.84 Å². The number of sulfonamides is 1. The summed E-state index contributed by atoms with van der Waals surface area (Å²) in [6.45, 7) is 3.17. The number of aromatic nitrogens is 2. The molecule has 25 heavy (non-hydrogen) atoms. The molecule has 1 aromatic carbocycles. The summed E-state index contributed by atoms with van der Waals surface area (Å²) in [6, 6.07) is 4.64. The van der Waals surface area contributed by atoms with E-state index in [-0.39, 0.29) is 27.8 Å². The summed E-state index contributed by atoms with van der Waals surface area (Å²) >= 11 is 0. The fourth-order valence-corrected chi connectivity index (χ4v) is 5.64. The van der Waals surface area contributed by atoms with Crippen LogP contribution >= 0.6 is 0 Å². The zero-order valence-electron chi connectivity index (χ0n) is 13.7. The van der Waals surface area contributed by atoms with Crippen LogP contribution < -0.4 is 4.72 Å². The maximum atomic E-state index is 13.4. The third-order valence-corrected chi connectivity index (χ3v) is 7.19. The zero-order valence-corrected chi connectivity index (χ0v) is 15.4. The van der Waals surface area contributed by atoms with Crippen LogP contribution in [-0.2, 0) is 19.9 Å². The number of nitrogens with zero attached hydrogens (tertiary/aromatic N) is 2. The Kier molecular flexibility index (Phi) is 4.36. The SMILES string of the molecule is Cc1cc(NS(=O)(=O)c2ccc(F)c(C)c2)n([C@H]2CCS(=O)(=O)C2)n1. The fourth-order valence-electron chi connectivity index (χ4n) is 2.82. The first kappa shape index (κ1) is 17.9. The molecule has 10 heteroatoms. The molecule has 1 aromatic heterocycles. The predicted octanol–water partition coefficient (Wildman–Crippen LogP) is 1.80. The molecule has 0 unspecified atom stereocenters. The standard InChI is InChI=1S/C15H18FN3O4S2/c1-10-7-13(3-4-14(10)16)25(22,23)18-15-8-11(2)17-19(15)12-5-6-24(20,21)9-12/h3-4,7-8,12,18H,5-6,9H2,1-2H3/t12-/m0/s1. The Labute approximate surface area is 145 Å². The van der Waals surface area contributed by atoms with Crippen LogP contribution in [0, 0.1) is 19.7 Å². The summed E-state index contributed by atoms with van der Waals surface area (Å²) in [5, 5.41) is 4.23. The summed E-state index contributed by atoms with van der Waals surface area (Å²) in [4.78, 5) is -0.0733. The van der Waals surface area contributed by atoms with Crippen molar-refractivity contribution in [3.63, 3.8) is 0 Å². The van der Waals surface area contributed by atoms with Gasteiger partial charge >= 0.3 is 0 Å². The van der Waals surface area contributed by atoms with Gasteiger partial charge in [0.05, 0.1) is 28.1 Å². The van der Waals surface area contributed by atoms with Gasteiger partial charge in [-0.05, 0) is 44.0 Å². The molecule has 7 nitrogen and oxygen atoms in total. The molecule has 2 aromatic rings. The van der Waals surface area contributed by atoms with Crippen molar-refractivity contribution in [3.05, 3.63) is 41.3 Å². The molecule has 0 amide bonds. The molecule has 1 N–H and O–H groups in total. The number of rotatable bonds is 4. The summed E-state index contributed by atoms with van der Waals surface area (Å²) in [5.74, 6) is -0.309. The number of halogens is 1. The zero-order chi connectivity index (χ0) is 18.4. The Morgan fingerprint density at radius 1 is 1.28 bits per heavy atom. The molecule has 1 fully saturated rings. The van der Waals surface area contributed by atoms with E-state index < -0.39 is 31.7 Å². The van der Waals surface area contributed by atoms with E-state index in [4.69, 9.17) is 0 Å². The Balaban J connectivity index is 1.94. The van der Waals surface area contributed by atoms with Crippen LogP contribution in [0.3, 0.4) is 0 Å². The van der Waals surface area contributed by atoms with Gasteiger partial charge in [-0.15, -0.1) is 0 Å². The van der Waals surface area contributed by atoms with Crippen LogP contribution in [0.5, 0.6) is 0 Å². The summed E-state index contributed by atoms with van der Waals surface area (Å²) in [7, 11) is -7.08. The van der Waals surface area contributed by atoms with Gasteiger partial charge in [-0.25, -0.2) is 25.9 Å². The second kappa shape index (κ2) is 6.10. The smallest absolute Gasteiger partial charge is 0.263 e. The molecule has 1 aliphatic heterocycles. The highest BCUT2D eigenvalue weighted by Gasteiger charge is 2.32. The van der Waals surface area contributed by atoms with Crippen LogP contribution in [-0.4, -0.2) is 38.1 Å². The van der Waals surface area contributed by atoms with Gasteiger partial charge in [0.1, 0.15) is 11.6 Å². The van der Waals surface area contributed by atoms with Crippen molar-refractivity contribution in [2.75, 3.05) is 16.2 Å². The molecule has 2 heterocycles. The number of hydrogen-bond donors (Lipinski definition) is 1. The van der Waals surface area contributed by atoms with Crippen LogP contribution in [0.25, 0.3) is 0 Å². The first-order chi connectivity index (χ1) is 11.6. The molecule has 0 aliphatic carbocycles. The quantitative estimate of drug-likeness (QED) is 0.863. The van der Waals surface area contributed by atoms with Gasteiger partial charge in [-0.1, -0.05) is 0 Å². The van der Waals surface area contributed by atoms with E-state index in [0.29, 0.717) is 12.1 Å². The van der Waals surface area contributed by atoms with Crippen molar-refractivity contribution >= 4 is 25.7 Å². The molecule has 1 aliphatic rings. The lowest BCUT2D eigenvalue weighted by Crippen LogP contribution is -2.20. The largest absolute Gasteiger partial charge is 0.264 e. The van der Waals surface area contributed by atoms with Crippen molar-refractivity contribution in [1.82, 2.24) is 9.78 Å². The second-order valence-corrected chi connectivity index (χ2v) is 10.1. The number of benzene rings is 1. The van der Waals surface area contributed by atoms with Crippen molar-refractivity contribution in [2.45, 2.75) is 31.2 Å². The van der Waals surface area contributed by atoms with Crippen molar-refractivity contribution in [2.24, 2.45) is 0 Å². The topological polar surface area (TPSA) is 98.1 Å². The van der Waals surface area contributed by atoms with Crippen molar-refractivity contribution < 1.29 is 21.2 Å². The van der Waals surface area contributed by atoms with Crippen LogP contribution in [0.2, 0.25) is 0 Å². The average molecular weight is 387 g/mol. The lowest BCUT2D eigenvalue weighted by atomic mass is 10.2. The van der Waals surface area contributed by atoms with E-state index in [2.05, 4.69) is 9.82 Å². The molecule has 0 spiro atoms. The first-order valence-electron chi connectivity index (χ1n) is 7.63. The minimum absolute atomic E-state index is 0.0555. The molecule has 1 atom stereocenters. The van der Waals surface area contributed by atoms with Crippen LogP contribution in [0.1, 0.15) is 23.7 Å². The van der Waals surface area contributed by atoms with Gasteiger partial charge in [0.2, 0.25) is 0 Å². The monoisotopic (exact) mass is 387 g/mol. The molecule has 136 valence electrons. The van der Waals surface area contributed by atoms with Gasteiger partial charge < -0.3 is 0 Å². The Morgan fingerprint density at radius 3 is 2.60 bits per heavy atom. The number of anilines is 1. The van der Waals surface area contributed by atoms with Gasteiger partial charge in [0.25, 0.3) is 10.0 Å². The molecule has 0 radical (unpaired) electrons. The first-order valence-corrected chi connectivity index (χ1v) is 10.9. The Hall–Kier alpha value is -1.94. The van der Waals surface area contributed by atoms with Gasteiger partial charge in [0, 0.05) is 6.07 Å². The molecular weight excluding hydrogens is 369 g/mol. The minimum atomic E-state index is -3.95. The lowest BCUT2D eigenvalue weighted by Gasteiger charge is -2.15. The summed E-state index contributed by atoms with van der Waals surface area (Å²) < 4.78 is 65.8. The number of sulfone groups is 1. The minimum Gasteiger partial charge on any atom is -0.264 e. The second-order valence-electron chi connectivity index (χ2n) is 6.19. The van der Waals surface area contributed by atoms with E-state index in [9.17, 15) is 21.2 Å². The normalized spacial score (nSPS) is 19.9. The van der Waals surface area contributed by atoms with Gasteiger partial charge in [-0.2, -0.15) is 5.10 Å². The van der Waals surface area contributed by atoms with E-state index in [1.54, 1.807) is 13.0 Å². The third kappa shape index (κ3) is 3.69. The number of nitrogens with one attached hydrogen (secondary N) is 1. The molecule has 0 saturated carbocycles. The van der Waals surface area contributed by atoms with E-state index in [1.165, 1.54) is 23.7 Å².